The van der Waals surface area contributed by atoms with Crippen LogP contribution in [0.4, 0.5) is 0 Å². The SMILES string of the molecule is Cc1cc(C)cc(C(CCc2ccc3c(c2)C(C)(C)c2cc(-c4ccncc4)c4oc5ccccc5c4c2-3)c2ccc3c(c2)C(C)(C)c2c4c(c5c(oc6ccccc65)c2-3)-c2ccccc2C4(C)C)c1. The Morgan fingerprint density at radius 2 is 1.04 bits per heavy atom. The number of hydrogen-bond donors (Lipinski definition) is 0. The fraction of sp³-hybridized carbons (Fsp3) is 0.209. The lowest BCUT2D eigenvalue weighted by molar-refractivity contribution is 0.599. The van der Waals surface area contributed by atoms with Gasteiger partial charge in [-0.2, -0.15) is 0 Å². The van der Waals surface area contributed by atoms with Gasteiger partial charge >= 0.3 is 0 Å². The maximum Gasteiger partial charge on any atom is 0.144 e. The first kappa shape index (κ1) is 41.5. The van der Waals surface area contributed by atoms with E-state index < -0.39 is 0 Å². The zero-order valence-corrected chi connectivity index (χ0v) is 41.3. The Morgan fingerprint density at radius 3 is 1.79 bits per heavy atom. The Hall–Kier alpha value is -7.49. The number of pyridine rings is 1. The smallest absolute Gasteiger partial charge is 0.144 e. The third-order valence-corrected chi connectivity index (χ3v) is 17.0. The molecule has 0 amide bonds. The Kier molecular flexibility index (Phi) is 8.47. The first-order chi connectivity index (χ1) is 33.8. The maximum atomic E-state index is 7.04. The molecular weight excluding hydrogens is 851 g/mol. The van der Waals surface area contributed by atoms with Gasteiger partial charge in [0.1, 0.15) is 22.3 Å². The molecule has 0 bridgehead atoms. The lowest BCUT2D eigenvalue weighted by Gasteiger charge is -2.31. The summed E-state index contributed by atoms with van der Waals surface area (Å²) in [4.78, 5) is 4.35. The van der Waals surface area contributed by atoms with E-state index in [1.54, 1.807) is 0 Å². The van der Waals surface area contributed by atoms with Crippen LogP contribution in [-0.2, 0) is 22.7 Å². The van der Waals surface area contributed by atoms with Crippen LogP contribution < -0.4 is 0 Å². The highest BCUT2D eigenvalue weighted by Gasteiger charge is 2.49. The van der Waals surface area contributed by atoms with Crippen molar-refractivity contribution in [2.45, 2.75) is 90.4 Å². The van der Waals surface area contributed by atoms with Crippen molar-refractivity contribution in [1.82, 2.24) is 4.98 Å². The number of rotatable bonds is 6. The third-order valence-electron chi connectivity index (χ3n) is 17.0. The van der Waals surface area contributed by atoms with Gasteiger partial charge in [0.15, 0.2) is 0 Å². The van der Waals surface area contributed by atoms with Crippen LogP contribution in [-0.4, -0.2) is 4.98 Å². The molecule has 8 aromatic carbocycles. The van der Waals surface area contributed by atoms with Crippen LogP contribution in [0.5, 0.6) is 0 Å². The second-order valence-corrected chi connectivity index (χ2v) is 22.3. The van der Waals surface area contributed by atoms with Gasteiger partial charge in [0.2, 0.25) is 0 Å². The van der Waals surface area contributed by atoms with E-state index in [1.807, 2.05) is 12.4 Å². The lowest BCUT2D eigenvalue weighted by atomic mass is 9.71. The number of hydrogen-bond acceptors (Lipinski definition) is 3. The van der Waals surface area contributed by atoms with Crippen molar-refractivity contribution in [3.05, 3.63) is 219 Å². The number of benzene rings is 8. The highest BCUT2D eigenvalue weighted by Crippen LogP contribution is 2.63. The second-order valence-electron chi connectivity index (χ2n) is 22.3. The topological polar surface area (TPSA) is 39.2 Å². The van der Waals surface area contributed by atoms with E-state index in [4.69, 9.17) is 8.83 Å². The van der Waals surface area contributed by atoms with Gasteiger partial charge in [-0.3, -0.25) is 4.98 Å². The van der Waals surface area contributed by atoms with Crippen LogP contribution in [0.1, 0.15) is 115 Å². The largest absolute Gasteiger partial charge is 0.455 e. The quantitative estimate of drug-likeness (QED) is 0.167. The average molecular weight is 906 g/mol. The van der Waals surface area contributed by atoms with Crippen LogP contribution in [0.15, 0.2) is 167 Å². The number of aromatic nitrogens is 1. The summed E-state index contributed by atoms with van der Waals surface area (Å²) in [5.41, 5.74) is 28.4. The van der Waals surface area contributed by atoms with Crippen molar-refractivity contribution in [2.75, 3.05) is 0 Å². The first-order valence-electron chi connectivity index (χ1n) is 25.2. The molecule has 3 aliphatic carbocycles. The molecule has 0 aliphatic heterocycles. The molecule has 11 aromatic rings. The molecule has 0 saturated heterocycles. The summed E-state index contributed by atoms with van der Waals surface area (Å²) in [6.45, 7) is 19.1. The summed E-state index contributed by atoms with van der Waals surface area (Å²) in [5, 5.41) is 4.81. The summed E-state index contributed by atoms with van der Waals surface area (Å²) in [6, 6.07) is 54.8. The molecule has 1 atom stereocenters. The van der Waals surface area contributed by atoms with Gasteiger partial charge in [-0.05, 0) is 140 Å². The van der Waals surface area contributed by atoms with E-state index >= 15 is 0 Å². The van der Waals surface area contributed by atoms with Gasteiger partial charge < -0.3 is 8.83 Å². The van der Waals surface area contributed by atoms with E-state index in [2.05, 4.69) is 206 Å². The molecule has 340 valence electrons. The fourth-order valence-corrected chi connectivity index (χ4v) is 13.9. The summed E-state index contributed by atoms with van der Waals surface area (Å²) < 4.78 is 13.8. The fourth-order valence-electron chi connectivity index (χ4n) is 13.9. The number of furan rings is 2. The van der Waals surface area contributed by atoms with Gasteiger partial charge in [0.05, 0.1) is 0 Å². The molecule has 3 heteroatoms. The minimum absolute atomic E-state index is 0.182. The highest BCUT2D eigenvalue weighted by atomic mass is 16.3. The molecule has 0 N–H and O–H groups in total. The van der Waals surface area contributed by atoms with Crippen molar-refractivity contribution in [3.8, 4) is 44.5 Å². The summed E-state index contributed by atoms with van der Waals surface area (Å²) in [5.74, 6) is 0.194. The average Bonchev–Trinajstić information content (AvgIpc) is 4.11. The van der Waals surface area contributed by atoms with Crippen molar-refractivity contribution in [1.29, 1.82) is 0 Å². The van der Waals surface area contributed by atoms with E-state index in [-0.39, 0.29) is 22.2 Å². The zero-order chi connectivity index (χ0) is 47.6. The predicted molar refractivity (Wildman–Crippen MR) is 289 cm³/mol. The van der Waals surface area contributed by atoms with E-state index in [0.29, 0.717) is 0 Å². The van der Waals surface area contributed by atoms with Crippen LogP contribution >= 0.6 is 0 Å². The van der Waals surface area contributed by atoms with Crippen molar-refractivity contribution in [2.24, 2.45) is 0 Å². The Morgan fingerprint density at radius 1 is 0.457 bits per heavy atom. The van der Waals surface area contributed by atoms with E-state index in [1.165, 1.54) is 111 Å². The van der Waals surface area contributed by atoms with Gasteiger partial charge in [-0.1, -0.05) is 168 Å². The number of aryl methyl sites for hydroxylation is 3. The van der Waals surface area contributed by atoms with Crippen LogP contribution in [0, 0.1) is 13.8 Å². The van der Waals surface area contributed by atoms with Gasteiger partial charge in [0, 0.05) is 67.2 Å². The summed E-state index contributed by atoms with van der Waals surface area (Å²) >= 11 is 0. The van der Waals surface area contributed by atoms with E-state index in [9.17, 15) is 0 Å². The summed E-state index contributed by atoms with van der Waals surface area (Å²) in [6.07, 6.45) is 5.68. The maximum absolute atomic E-state index is 7.04. The molecule has 3 heterocycles. The second kappa shape index (κ2) is 14.3. The van der Waals surface area contributed by atoms with Crippen molar-refractivity contribution < 1.29 is 8.83 Å². The van der Waals surface area contributed by atoms with Gasteiger partial charge in [-0.25, -0.2) is 0 Å². The molecule has 1 unspecified atom stereocenters. The first-order valence-corrected chi connectivity index (χ1v) is 25.2. The molecular formula is C67H55NO2. The molecule has 0 spiro atoms. The molecule has 70 heavy (non-hydrogen) atoms. The highest BCUT2D eigenvalue weighted by molar-refractivity contribution is 6.21. The number of para-hydroxylation sites is 2. The molecule has 3 aliphatic rings. The summed E-state index contributed by atoms with van der Waals surface area (Å²) in [7, 11) is 0. The van der Waals surface area contributed by atoms with Gasteiger partial charge in [0.25, 0.3) is 0 Å². The number of nitrogens with zero attached hydrogens (tertiary/aromatic N) is 1. The van der Waals surface area contributed by atoms with Gasteiger partial charge in [-0.15, -0.1) is 0 Å². The molecule has 0 fully saturated rings. The molecule has 14 rings (SSSR count). The monoisotopic (exact) mass is 905 g/mol. The predicted octanol–water partition coefficient (Wildman–Crippen LogP) is 17.8. The van der Waals surface area contributed by atoms with E-state index in [0.717, 1.165) is 51.7 Å². The molecule has 0 saturated carbocycles. The lowest BCUT2D eigenvalue weighted by Crippen LogP contribution is -2.24. The Balaban J connectivity index is 0.894. The minimum atomic E-state index is -0.270. The third kappa shape index (κ3) is 5.55. The van der Waals surface area contributed by atoms with Crippen molar-refractivity contribution in [3.63, 3.8) is 0 Å². The standard InChI is InChI=1S/C67H55NO2/c1-37-31-38(2)33-42(32-37)43(24-21-39-22-25-45-51(34-39)65(3,4)53-36-49(40-27-29-68-30-28-40)63-58(56(45)53)47-16-10-13-19-54(47)69-63)41-23-26-46-52(35-41)67(7,8)62-60(46)64-59(48-17-11-14-20-55(48)70-64)57-44-15-9-12-18-50(44)66(5,6)61(57)62/h9-20,22-23,25-36,43H,21,24H2,1-8H3. The van der Waals surface area contributed by atoms with Crippen molar-refractivity contribution >= 4 is 43.9 Å². The number of fused-ring (bicyclic) bond motifs is 19. The molecule has 3 aromatic heterocycles. The Labute approximate surface area is 409 Å². The molecule has 3 nitrogen and oxygen atoms in total. The molecule has 0 radical (unpaired) electrons. The van der Waals surface area contributed by atoms with Crippen LogP contribution in [0.2, 0.25) is 0 Å². The minimum Gasteiger partial charge on any atom is -0.455 e. The zero-order valence-electron chi connectivity index (χ0n) is 41.3. The Bertz CT molecular complexity index is 4040. The van der Waals surface area contributed by atoms with Crippen LogP contribution in [0.3, 0.4) is 0 Å². The normalized spacial score (nSPS) is 15.8. The van der Waals surface area contributed by atoms with Crippen LogP contribution in [0.25, 0.3) is 88.4 Å².